The monoisotopic (exact) mass is 419 g/mol. The van der Waals surface area contributed by atoms with Crippen LogP contribution in [0.2, 0.25) is 5.02 Å². The zero-order valence-electron chi connectivity index (χ0n) is 13.9. The van der Waals surface area contributed by atoms with Crippen molar-refractivity contribution in [3.63, 3.8) is 0 Å². The topological polar surface area (TPSA) is 96.9 Å². The molecule has 0 saturated heterocycles. The molecule has 2 heterocycles. The highest BCUT2D eigenvalue weighted by atomic mass is 35.5. The number of hydrogen-bond acceptors (Lipinski definition) is 7. The second-order valence-electron chi connectivity index (χ2n) is 5.26. The Bertz CT molecular complexity index is 936. The summed E-state index contributed by atoms with van der Waals surface area (Å²) >= 11 is 8.25. The first-order chi connectivity index (χ1) is 13.1. The number of rotatable bonds is 7. The SMILES string of the molecule is O=C(CSc1nnc(C(=O)Nc2cccc(Cl)c2)s1)NCc1cccnc1. The number of benzene rings is 1. The highest BCUT2D eigenvalue weighted by Gasteiger charge is 2.14. The Labute approximate surface area is 168 Å². The molecule has 3 aromatic rings. The first-order valence-corrected chi connectivity index (χ1v) is 9.97. The number of pyridine rings is 1. The van der Waals surface area contributed by atoms with E-state index < -0.39 is 0 Å². The van der Waals surface area contributed by atoms with Gasteiger partial charge in [0.25, 0.3) is 5.91 Å². The minimum atomic E-state index is -0.373. The summed E-state index contributed by atoms with van der Waals surface area (Å²) in [4.78, 5) is 28.1. The highest BCUT2D eigenvalue weighted by molar-refractivity contribution is 8.01. The molecule has 0 radical (unpaired) electrons. The Morgan fingerprint density at radius 3 is 2.85 bits per heavy atom. The van der Waals surface area contributed by atoms with Gasteiger partial charge in [0.05, 0.1) is 5.75 Å². The number of halogens is 1. The van der Waals surface area contributed by atoms with Gasteiger partial charge in [0.1, 0.15) is 0 Å². The summed E-state index contributed by atoms with van der Waals surface area (Å²) in [5, 5.41) is 14.1. The average molecular weight is 420 g/mol. The first-order valence-electron chi connectivity index (χ1n) is 7.79. The van der Waals surface area contributed by atoms with Crippen LogP contribution in [-0.4, -0.2) is 32.7 Å². The molecule has 0 bridgehead atoms. The van der Waals surface area contributed by atoms with Crippen molar-refractivity contribution in [1.82, 2.24) is 20.5 Å². The van der Waals surface area contributed by atoms with Crippen LogP contribution in [0.5, 0.6) is 0 Å². The molecule has 0 unspecified atom stereocenters. The summed E-state index contributed by atoms with van der Waals surface area (Å²) in [6.45, 7) is 0.413. The van der Waals surface area contributed by atoms with Gasteiger partial charge in [-0.2, -0.15) is 0 Å². The van der Waals surface area contributed by atoms with Crippen molar-refractivity contribution in [1.29, 1.82) is 0 Å². The molecular weight excluding hydrogens is 406 g/mol. The van der Waals surface area contributed by atoms with E-state index in [0.717, 1.165) is 16.9 Å². The van der Waals surface area contributed by atoms with E-state index in [4.69, 9.17) is 11.6 Å². The number of nitrogens with one attached hydrogen (secondary N) is 2. The predicted molar refractivity (Wildman–Crippen MR) is 106 cm³/mol. The number of aromatic nitrogens is 3. The Balaban J connectivity index is 1.47. The summed E-state index contributed by atoms with van der Waals surface area (Å²) in [5.41, 5.74) is 1.50. The van der Waals surface area contributed by atoms with E-state index in [1.165, 1.54) is 11.8 Å². The standard InChI is InChI=1S/C17H14ClN5O2S2/c18-12-4-1-5-13(7-12)21-15(25)16-22-23-17(27-16)26-10-14(24)20-9-11-3-2-6-19-8-11/h1-8H,9-10H2,(H,20,24)(H,21,25). The summed E-state index contributed by atoms with van der Waals surface area (Å²) in [6.07, 6.45) is 3.37. The van der Waals surface area contributed by atoms with Crippen LogP contribution in [0.15, 0.2) is 53.1 Å². The van der Waals surface area contributed by atoms with E-state index in [9.17, 15) is 9.59 Å². The largest absolute Gasteiger partial charge is 0.351 e. The number of nitrogens with zero attached hydrogens (tertiary/aromatic N) is 3. The lowest BCUT2D eigenvalue weighted by Crippen LogP contribution is -2.24. The van der Waals surface area contributed by atoms with E-state index in [0.29, 0.717) is 21.6 Å². The van der Waals surface area contributed by atoms with Gasteiger partial charge in [-0.3, -0.25) is 14.6 Å². The van der Waals surface area contributed by atoms with Crippen molar-refractivity contribution in [3.8, 4) is 0 Å². The van der Waals surface area contributed by atoms with Crippen LogP contribution in [-0.2, 0) is 11.3 Å². The summed E-state index contributed by atoms with van der Waals surface area (Å²) < 4.78 is 0.544. The van der Waals surface area contributed by atoms with Gasteiger partial charge >= 0.3 is 0 Å². The second-order valence-corrected chi connectivity index (χ2v) is 7.90. The van der Waals surface area contributed by atoms with Gasteiger partial charge in [0, 0.05) is 29.6 Å². The van der Waals surface area contributed by atoms with Crippen LogP contribution in [0.4, 0.5) is 5.69 Å². The molecule has 0 aliphatic carbocycles. The second kappa shape index (κ2) is 9.45. The van der Waals surface area contributed by atoms with Crippen LogP contribution in [0.1, 0.15) is 15.4 Å². The minimum absolute atomic E-state index is 0.135. The summed E-state index contributed by atoms with van der Waals surface area (Å²) in [5.74, 6) is -0.322. The van der Waals surface area contributed by atoms with Crippen molar-refractivity contribution in [2.24, 2.45) is 0 Å². The van der Waals surface area contributed by atoms with Crippen molar-refractivity contribution < 1.29 is 9.59 Å². The molecule has 2 amide bonds. The van der Waals surface area contributed by atoms with Gasteiger partial charge in [-0.25, -0.2) is 0 Å². The molecule has 10 heteroatoms. The molecule has 0 aliphatic rings. The zero-order chi connectivity index (χ0) is 19.1. The maximum absolute atomic E-state index is 12.2. The van der Waals surface area contributed by atoms with Crippen LogP contribution in [0, 0.1) is 0 Å². The molecule has 2 aromatic heterocycles. The third-order valence-electron chi connectivity index (χ3n) is 3.22. The van der Waals surface area contributed by atoms with Crippen molar-refractivity contribution in [2.45, 2.75) is 10.9 Å². The maximum Gasteiger partial charge on any atom is 0.286 e. The van der Waals surface area contributed by atoms with Gasteiger partial charge < -0.3 is 10.6 Å². The predicted octanol–water partition coefficient (Wildman–Crippen LogP) is 3.25. The molecule has 0 saturated carbocycles. The van der Waals surface area contributed by atoms with Gasteiger partial charge in [-0.15, -0.1) is 10.2 Å². The van der Waals surface area contributed by atoms with Crippen molar-refractivity contribution >= 4 is 52.2 Å². The number of amides is 2. The Morgan fingerprint density at radius 2 is 2.07 bits per heavy atom. The van der Waals surface area contributed by atoms with E-state index in [-0.39, 0.29) is 22.6 Å². The van der Waals surface area contributed by atoms with E-state index >= 15 is 0 Å². The molecule has 0 atom stereocenters. The molecule has 2 N–H and O–H groups in total. The molecule has 138 valence electrons. The fourth-order valence-electron chi connectivity index (χ4n) is 1.99. The van der Waals surface area contributed by atoms with Gasteiger partial charge in [0.15, 0.2) is 4.34 Å². The van der Waals surface area contributed by atoms with Crippen molar-refractivity contribution in [3.05, 3.63) is 64.4 Å². The normalized spacial score (nSPS) is 10.4. The van der Waals surface area contributed by atoms with Gasteiger partial charge in [0.2, 0.25) is 10.9 Å². The zero-order valence-corrected chi connectivity index (χ0v) is 16.3. The third kappa shape index (κ3) is 6.02. The first kappa shape index (κ1) is 19.3. The Kier molecular flexibility index (Phi) is 6.74. The summed E-state index contributed by atoms with van der Waals surface area (Å²) in [7, 11) is 0. The van der Waals surface area contributed by atoms with E-state index in [1.54, 1.807) is 36.7 Å². The lowest BCUT2D eigenvalue weighted by molar-refractivity contribution is -0.118. The molecule has 7 nitrogen and oxygen atoms in total. The summed E-state index contributed by atoms with van der Waals surface area (Å²) in [6, 6.07) is 10.5. The number of anilines is 1. The average Bonchev–Trinajstić information content (AvgIpc) is 3.15. The van der Waals surface area contributed by atoms with Crippen LogP contribution >= 0.6 is 34.7 Å². The van der Waals surface area contributed by atoms with Crippen LogP contribution < -0.4 is 10.6 Å². The van der Waals surface area contributed by atoms with Crippen LogP contribution in [0.25, 0.3) is 0 Å². The Hall–Kier alpha value is -2.49. The molecule has 0 fully saturated rings. The maximum atomic E-state index is 12.2. The lowest BCUT2D eigenvalue weighted by atomic mass is 10.3. The smallest absolute Gasteiger partial charge is 0.286 e. The molecule has 0 spiro atoms. The fourth-order valence-corrected chi connectivity index (χ4v) is 3.76. The lowest BCUT2D eigenvalue weighted by Gasteiger charge is -2.03. The molecule has 1 aromatic carbocycles. The molecule has 27 heavy (non-hydrogen) atoms. The third-order valence-corrected chi connectivity index (χ3v) is 5.51. The van der Waals surface area contributed by atoms with Gasteiger partial charge in [-0.1, -0.05) is 46.8 Å². The number of carbonyl (C=O) groups is 2. The minimum Gasteiger partial charge on any atom is -0.351 e. The Morgan fingerprint density at radius 1 is 1.19 bits per heavy atom. The van der Waals surface area contributed by atoms with Gasteiger partial charge in [-0.05, 0) is 29.8 Å². The molecule has 3 rings (SSSR count). The molecule has 0 aliphatic heterocycles. The quantitative estimate of drug-likeness (QED) is 0.570. The molecular formula is C17H14ClN5O2S2. The highest BCUT2D eigenvalue weighted by Crippen LogP contribution is 2.23. The van der Waals surface area contributed by atoms with E-state index in [2.05, 4.69) is 25.8 Å². The number of hydrogen-bond donors (Lipinski definition) is 2. The fraction of sp³-hybridized carbons (Fsp3) is 0.118. The number of carbonyl (C=O) groups excluding carboxylic acids is 2. The van der Waals surface area contributed by atoms with Crippen LogP contribution in [0.3, 0.4) is 0 Å². The van der Waals surface area contributed by atoms with Crippen molar-refractivity contribution in [2.75, 3.05) is 11.1 Å². The van der Waals surface area contributed by atoms with E-state index in [1.807, 2.05) is 12.1 Å². The number of thioether (sulfide) groups is 1.